The summed E-state index contributed by atoms with van der Waals surface area (Å²) in [6.07, 6.45) is 1.80. The van der Waals surface area contributed by atoms with Gasteiger partial charge < -0.3 is 5.11 Å². The number of nitrogens with zero attached hydrogens (tertiary/aromatic N) is 2. The number of aromatic hydroxyl groups is 1. The molecule has 0 unspecified atom stereocenters. The molecular weight excluding hydrogens is 292 g/mol. The number of hydrogen-bond acceptors (Lipinski definition) is 4. The van der Waals surface area contributed by atoms with Crippen LogP contribution >= 0.6 is 0 Å². The molecule has 0 aliphatic heterocycles. The zero-order valence-electron chi connectivity index (χ0n) is 12.2. The summed E-state index contributed by atoms with van der Waals surface area (Å²) >= 11 is 0. The second-order valence-corrected chi connectivity index (χ2v) is 5.08. The van der Waals surface area contributed by atoms with Gasteiger partial charge >= 0.3 is 0 Å². The number of nitro groups is 1. The van der Waals surface area contributed by atoms with Gasteiger partial charge in [-0.05, 0) is 11.6 Å². The molecule has 1 aromatic heterocycles. The molecular formula is C18H14N2O3. The average molecular weight is 306 g/mol. The Labute approximate surface area is 133 Å². The Morgan fingerprint density at radius 1 is 1.00 bits per heavy atom. The van der Waals surface area contributed by atoms with E-state index in [0.29, 0.717) is 16.8 Å². The molecule has 0 amide bonds. The molecule has 0 atom stereocenters. The fourth-order valence-corrected chi connectivity index (χ4v) is 2.50. The van der Waals surface area contributed by atoms with E-state index in [1.165, 1.54) is 6.07 Å². The highest BCUT2D eigenvalue weighted by molar-refractivity contribution is 5.70. The molecule has 0 aliphatic rings. The predicted octanol–water partition coefficient (Wildman–Crippen LogP) is 3.95. The van der Waals surface area contributed by atoms with Crippen molar-refractivity contribution in [1.29, 1.82) is 0 Å². The first kappa shape index (κ1) is 14.7. The fourth-order valence-electron chi connectivity index (χ4n) is 2.50. The number of nitro benzene ring substituents is 1. The van der Waals surface area contributed by atoms with Crippen molar-refractivity contribution in [2.24, 2.45) is 0 Å². The van der Waals surface area contributed by atoms with Crippen LogP contribution in [-0.2, 0) is 6.42 Å². The van der Waals surface area contributed by atoms with Gasteiger partial charge in [-0.25, -0.2) is 0 Å². The van der Waals surface area contributed by atoms with Gasteiger partial charge in [-0.15, -0.1) is 0 Å². The summed E-state index contributed by atoms with van der Waals surface area (Å²) in [6.45, 7) is 0. The number of rotatable bonds is 4. The van der Waals surface area contributed by atoms with Gasteiger partial charge in [0.15, 0.2) is 0 Å². The van der Waals surface area contributed by atoms with Crippen molar-refractivity contribution in [1.82, 2.24) is 4.98 Å². The summed E-state index contributed by atoms with van der Waals surface area (Å²) < 4.78 is 0. The third-order valence-corrected chi connectivity index (χ3v) is 3.63. The first-order valence-electron chi connectivity index (χ1n) is 7.11. The highest BCUT2D eigenvalue weighted by atomic mass is 16.6. The van der Waals surface area contributed by atoms with E-state index in [-0.39, 0.29) is 17.9 Å². The Bertz CT molecular complexity index is 848. The number of benzene rings is 2. The number of hydrogen-bond donors (Lipinski definition) is 1. The third-order valence-electron chi connectivity index (χ3n) is 3.63. The first-order chi connectivity index (χ1) is 11.2. The minimum Gasteiger partial charge on any atom is -0.505 e. The largest absolute Gasteiger partial charge is 0.505 e. The molecule has 0 radical (unpaired) electrons. The van der Waals surface area contributed by atoms with Crippen molar-refractivity contribution in [3.05, 3.63) is 88.2 Å². The van der Waals surface area contributed by atoms with Crippen LogP contribution in [0, 0.1) is 10.1 Å². The van der Waals surface area contributed by atoms with Crippen molar-refractivity contribution < 1.29 is 10.0 Å². The second kappa shape index (κ2) is 6.27. The molecule has 23 heavy (non-hydrogen) atoms. The SMILES string of the molecule is O=[N+]([O-])c1ccccc1Cc1nccc(-c2ccccc2)c1O. The van der Waals surface area contributed by atoms with Crippen LogP contribution in [0.4, 0.5) is 5.69 Å². The summed E-state index contributed by atoms with van der Waals surface area (Å²) in [6, 6.07) is 17.7. The third kappa shape index (κ3) is 3.03. The Balaban J connectivity index is 2.01. The van der Waals surface area contributed by atoms with Gasteiger partial charge in [0, 0.05) is 29.8 Å². The number of aromatic nitrogens is 1. The Kier molecular flexibility index (Phi) is 4.01. The Hall–Kier alpha value is -3.21. The Morgan fingerprint density at radius 3 is 2.43 bits per heavy atom. The lowest BCUT2D eigenvalue weighted by Gasteiger charge is -2.09. The van der Waals surface area contributed by atoms with Crippen LogP contribution in [0.1, 0.15) is 11.3 Å². The minimum absolute atomic E-state index is 0.0267. The zero-order chi connectivity index (χ0) is 16.2. The fraction of sp³-hybridized carbons (Fsp3) is 0.0556. The molecule has 3 aromatic rings. The van der Waals surface area contributed by atoms with Gasteiger partial charge in [-0.2, -0.15) is 0 Å². The minimum atomic E-state index is -0.423. The average Bonchev–Trinajstić information content (AvgIpc) is 2.58. The molecule has 2 aromatic carbocycles. The molecule has 5 nitrogen and oxygen atoms in total. The normalized spacial score (nSPS) is 10.4. The van der Waals surface area contributed by atoms with Gasteiger partial charge in [0.1, 0.15) is 5.75 Å². The molecule has 0 spiro atoms. The summed E-state index contributed by atoms with van der Waals surface area (Å²) in [4.78, 5) is 14.9. The molecule has 0 saturated heterocycles. The monoisotopic (exact) mass is 306 g/mol. The highest BCUT2D eigenvalue weighted by Gasteiger charge is 2.16. The summed E-state index contributed by atoms with van der Waals surface area (Å²) in [5, 5.41) is 21.6. The highest BCUT2D eigenvalue weighted by Crippen LogP contribution is 2.33. The van der Waals surface area contributed by atoms with E-state index in [9.17, 15) is 15.2 Å². The molecule has 0 aliphatic carbocycles. The summed E-state index contributed by atoms with van der Waals surface area (Å²) in [7, 11) is 0. The van der Waals surface area contributed by atoms with Crippen LogP contribution < -0.4 is 0 Å². The van der Waals surface area contributed by atoms with Gasteiger partial charge in [-0.1, -0.05) is 48.5 Å². The standard InChI is InChI=1S/C18H14N2O3/c21-18-15(13-6-2-1-3-7-13)10-11-19-16(18)12-14-8-4-5-9-17(14)20(22)23/h1-11,21H,12H2. The van der Waals surface area contributed by atoms with E-state index in [2.05, 4.69) is 4.98 Å². The predicted molar refractivity (Wildman–Crippen MR) is 87.2 cm³/mol. The topological polar surface area (TPSA) is 76.3 Å². The molecule has 0 bridgehead atoms. The van der Waals surface area contributed by atoms with Gasteiger partial charge in [-0.3, -0.25) is 15.1 Å². The molecule has 114 valence electrons. The lowest BCUT2D eigenvalue weighted by Crippen LogP contribution is -1.99. The quantitative estimate of drug-likeness (QED) is 0.585. The summed E-state index contributed by atoms with van der Waals surface area (Å²) in [5.74, 6) is 0.0526. The Morgan fingerprint density at radius 2 is 1.70 bits per heavy atom. The molecule has 5 heteroatoms. The molecule has 0 saturated carbocycles. The van der Waals surface area contributed by atoms with Gasteiger partial charge in [0.2, 0.25) is 0 Å². The van der Waals surface area contributed by atoms with Crippen LogP contribution in [0.2, 0.25) is 0 Å². The van der Waals surface area contributed by atoms with E-state index >= 15 is 0 Å². The van der Waals surface area contributed by atoms with Crippen molar-refractivity contribution in [2.45, 2.75) is 6.42 Å². The first-order valence-corrected chi connectivity index (χ1v) is 7.11. The second-order valence-electron chi connectivity index (χ2n) is 5.08. The molecule has 0 fully saturated rings. The van der Waals surface area contributed by atoms with Crippen molar-refractivity contribution in [2.75, 3.05) is 0 Å². The number of pyridine rings is 1. The maximum Gasteiger partial charge on any atom is 0.272 e. The van der Waals surface area contributed by atoms with E-state index in [1.807, 2.05) is 30.3 Å². The lowest BCUT2D eigenvalue weighted by atomic mass is 10.0. The van der Waals surface area contributed by atoms with Crippen molar-refractivity contribution >= 4 is 5.69 Å². The zero-order valence-corrected chi connectivity index (χ0v) is 12.2. The molecule has 1 N–H and O–H groups in total. The van der Waals surface area contributed by atoms with Crippen molar-refractivity contribution in [3.63, 3.8) is 0 Å². The number of para-hydroxylation sites is 1. The van der Waals surface area contributed by atoms with Crippen molar-refractivity contribution in [3.8, 4) is 16.9 Å². The van der Waals surface area contributed by atoms with E-state index in [1.54, 1.807) is 30.5 Å². The van der Waals surface area contributed by atoms with Crippen LogP contribution in [-0.4, -0.2) is 15.0 Å². The van der Waals surface area contributed by atoms with Gasteiger partial charge in [0.05, 0.1) is 10.6 Å². The van der Waals surface area contributed by atoms with Crippen LogP contribution in [0.25, 0.3) is 11.1 Å². The van der Waals surface area contributed by atoms with Crippen LogP contribution in [0.5, 0.6) is 5.75 Å². The van der Waals surface area contributed by atoms with Crippen LogP contribution in [0.15, 0.2) is 66.9 Å². The molecule has 1 heterocycles. The maximum absolute atomic E-state index is 11.1. The summed E-state index contributed by atoms with van der Waals surface area (Å²) in [5.41, 5.74) is 2.50. The molecule has 3 rings (SSSR count). The van der Waals surface area contributed by atoms with E-state index in [4.69, 9.17) is 0 Å². The van der Waals surface area contributed by atoms with E-state index < -0.39 is 4.92 Å². The maximum atomic E-state index is 11.1. The van der Waals surface area contributed by atoms with E-state index in [0.717, 1.165) is 5.56 Å². The van der Waals surface area contributed by atoms with Crippen LogP contribution in [0.3, 0.4) is 0 Å². The smallest absolute Gasteiger partial charge is 0.272 e. The van der Waals surface area contributed by atoms with Gasteiger partial charge in [0.25, 0.3) is 5.69 Å². The lowest BCUT2D eigenvalue weighted by molar-refractivity contribution is -0.385.